The van der Waals surface area contributed by atoms with Crippen LogP contribution in [0.3, 0.4) is 0 Å². The van der Waals surface area contributed by atoms with E-state index in [1.165, 1.54) is 37.4 Å². The van der Waals surface area contributed by atoms with E-state index in [0.717, 1.165) is 0 Å². The van der Waals surface area contributed by atoms with Gasteiger partial charge in [-0.15, -0.1) is 0 Å². The molecule has 0 fully saturated rings. The molecule has 1 aromatic carbocycles. The summed E-state index contributed by atoms with van der Waals surface area (Å²) in [5.74, 6) is -0.981. The Morgan fingerprint density at radius 3 is 2.45 bits per heavy atom. The molecule has 0 unspecified atom stereocenters. The Bertz CT molecular complexity index is 632. The molecule has 7 heteroatoms. The number of nitro groups is 1. The Morgan fingerprint density at radius 2 is 1.95 bits per heavy atom. The van der Waals surface area contributed by atoms with E-state index in [1.807, 2.05) is 0 Å². The number of esters is 1. The van der Waals surface area contributed by atoms with Gasteiger partial charge >= 0.3 is 5.97 Å². The summed E-state index contributed by atoms with van der Waals surface area (Å²) in [6.07, 6.45) is 1.33. The van der Waals surface area contributed by atoms with E-state index in [9.17, 15) is 19.7 Å². The smallest absolute Gasteiger partial charge is 0.337 e. The highest BCUT2D eigenvalue weighted by Crippen LogP contribution is 2.13. The standard InChI is InChI=1S/C15H16N2O5/c1-10(14(18)16-3)8-11(2)15(19)22-9-12-4-6-13(7-5-12)17(20)21/h4-8H,2,9H2,1,3H3,(H,16,18)/b10-8+. The summed E-state index contributed by atoms with van der Waals surface area (Å²) in [5, 5.41) is 12.9. The molecule has 1 aromatic rings. The maximum atomic E-state index is 11.7. The summed E-state index contributed by atoms with van der Waals surface area (Å²) in [5.41, 5.74) is 0.949. The maximum Gasteiger partial charge on any atom is 0.337 e. The van der Waals surface area contributed by atoms with Crippen LogP contribution in [-0.2, 0) is 20.9 Å². The third-order valence-electron chi connectivity index (χ3n) is 2.76. The zero-order valence-corrected chi connectivity index (χ0v) is 12.3. The molecule has 0 bridgehead atoms. The first-order valence-corrected chi connectivity index (χ1v) is 6.35. The second-order valence-corrected chi connectivity index (χ2v) is 4.43. The summed E-state index contributed by atoms with van der Waals surface area (Å²) in [4.78, 5) is 33.0. The Labute approximate surface area is 127 Å². The molecule has 22 heavy (non-hydrogen) atoms. The molecule has 0 heterocycles. The lowest BCUT2D eigenvalue weighted by Gasteiger charge is -2.05. The maximum absolute atomic E-state index is 11.7. The number of non-ortho nitro benzene ring substituents is 1. The number of nitrogens with one attached hydrogen (secondary N) is 1. The molecule has 0 spiro atoms. The van der Waals surface area contributed by atoms with Gasteiger partial charge < -0.3 is 10.1 Å². The molecule has 1 N–H and O–H groups in total. The quantitative estimate of drug-likeness (QED) is 0.284. The minimum atomic E-state index is -0.665. The fourth-order valence-electron chi connectivity index (χ4n) is 1.54. The Kier molecular flexibility index (Phi) is 6.00. The van der Waals surface area contributed by atoms with Crippen molar-refractivity contribution in [3.05, 3.63) is 63.7 Å². The lowest BCUT2D eigenvalue weighted by Crippen LogP contribution is -2.19. The first kappa shape index (κ1) is 17.1. The van der Waals surface area contributed by atoms with Crippen LogP contribution in [0.2, 0.25) is 0 Å². The van der Waals surface area contributed by atoms with Gasteiger partial charge in [0, 0.05) is 24.8 Å². The second-order valence-electron chi connectivity index (χ2n) is 4.43. The van der Waals surface area contributed by atoms with Crippen molar-refractivity contribution in [1.29, 1.82) is 0 Å². The molecule has 7 nitrogen and oxygen atoms in total. The zero-order chi connectivity index (χ0) is 16.7. The number of nitro benzene ring substituents is 1. The van der Waals surface area contributed by atoms with Gasteiger partial charge in [0.15, 0.2) is 0 Å². The number of hydrogen-bond acceptors (Lipinski definition) is 5. The number of ether oxygens (including phenoxy) is 1. The number of nitrogens with zero attached hydrogens (tertiary/aromatic N) is 1. The lowest BCUT2D eigenvalue weighted by molar-refractivity contribution is -0.384. The Morgan fingerprint density at radius 1 is 1.36 bits per heavy atom. The van der Waals surface area contributed by atoms with E-state index < -0.39 is 10.9 Å². The molecule has 0 saturated carbocycles. The van der Waals surface area contributed by atoms with E-state index in [1.54, 1.807) is 6.92 Å². The van der Waals surface area contributed by atoms with Gasteiger partial charge in [-0.3, -0.25) is 14.9 Å². The zero-order valence-electron chi connectivity index (χ0n) is 12.3. The fraction of sp³-hybridized carbons (Fsp3) is 0.200. The van der Waals surface area contributed by atoms with Crippen molar-refractivity contribution in [3.8, 4) is 0 Å². The summed E-state index contributed by atoms with van der Waals surface area (Å²) in [6, 6.07) is 5.65. The second kappa shape index (κ2) is 7.72. The number of amides is 1. The first-order chi connectivity index (χ1) is 10.3. The van der Waals surface area contributed by atoms with Crippen molar-refractivity contribution in [2.45, 2.75) is 13.5 Å². The van der Waals surface area contributed by atoms with Gasteiger partial charge in [-0.1, -0.05) is 6.58 Å². The van der Waals surface area contributed by atoms with Crippen LogP contribution in [0.25, 0.3) is 0 Å². The Hall–Kier alpha value is -2.96. The van der Waals surface area contributed by atoms with Crippen LogP contribution in [-0.4, -0.2) is 23.8 Å². The molecule has 0 atom stereocenters. The van der Waals surface area contributed by atoms with Crippen molar-refractivity contribution >= 4 is 17.6 Å². The number of carbonyl (C=O) groups is 2. The molecule has 0 radical (unpaired) electrons. The van der Waals surface area contributed by atoms with Gasteiger partial charge in [0.05, 0.1) is 10.5 Å². The van der Waals surface area contributed by atoms with E-state index in [2.05, 4.69) is 11.9 Å². The van der Waals surface area contributed by atoms with Gasteiger partial charge in [-0.25, -0.2) is 4.79 Å². The van der Waals surface area contributed by atoms with Crippen molar-refractivity contribution < 1.29 is 19.2 Å². The lowest BCUT2D eigenvalue weighted by atomic mass is 10.2. The van der Waals surface area contributed by atoms with Crippen molar-refractivity contribution in [3.63, 3.8) is 0 Å². The van der Waals surface area contributed by atoms with Crippen LogP contribution in [0.5, 0.6) is 0 Å². The van der Waals surface area contributed by atoms with Crippen LogP contribution >= 0.6 is 0 Å². The third kappa shape index (κ3) is 4.86. The number of hydrogen-bond donors (Lipinski definition) is 1. The van der Waals surface area contributed by atoms with Gasteiger partial charge in [0.1, 0.15) is 6.61 Å². The first-order valence-electron chi connectivity index (χ1n) is 6.35. The monoisotopic (exact) mass is 304 g/mol. The van der Waals surface area contributed by atoms with Crippen LogP contribution in [0.1, 0.15) is 12.5 Å². The average molecular weight is 304 g/mol. The number of rotatable bonds is 6. The Balaban J connectivity index is 2.60. The molecule has 0 aliphatic heterocycles. The van der Waals surface area contributed by atoms with E-state index >= 15 is 0 Å². The van der Waals surface area contributed by atoms with Crippen LogP contribution < -0.4 is 5.32 Å². The van der Waals surface area contributed by atoms with Crippen molar-refractivity contribution in [1.82, 2.24) is 5.32 Å². The summed E-state index contributed by atoms with van der Waals surface area (Å²) in [7, 11) is 1.48. The van der Waals surface area contributed by atoms with Gasteiger partial charge in [-0.05, 0) is 30.7 Å². The summed E-state index contributed by atoms with van der Waals surface area (Å²) in [6.45, 7) is 5.05. The van der Waals surface area contributed by atoms with Gasteiger partial charge in [0.25, 0.3) is 5.69 Å². The number of benzene rings is 1. The molecule has 0 aliphatic carbocycles. The fourth-order valence-corrected chi connectivity index (χ4v) is 1.54. The molecule has 116 valence electrons. The topological polar surface area (TPSA) is 98.5 Å². The molecule has 0 aliphatic rings. The van der Waals surface area contributed by atoms with Crippen LogP contribution in [0.4, 0.5) is 5.69 Å². The number of likely N-dealkylation sites (N-methyl/N-ethyl adjacent to an activating group) is 1. The molecule has 0 saturated heterocycles. The van der Waals surface area contributed by atoms with Crippen molar-refractivity contribution in [2.75, 3.05) is 7.05 Å². The molecule has 0 aromatic heterocycles. The minimum absolute atomic E-state index is 0.0383. The molecule has 1 rings (SSSR count). The minimum Gasteiger partial charge on any atom is -0.457 e. The predicted molar refractivity (Wildman–Crippen MR) is 79.9 cm³/mol. The SMILES string of the molecule is C=C(/C=C(\C)C(=O)NC)C(=O)OCc1ccc([N+](=O)[O-])cc1. The van der Waals surface area contributed by atoms with Crippen LogP contribution in [0.15, 0.2) is 48.1 Å². The molecular formula is C15H16N2O5. The van der Waals surface area contributed by atoms with Crippen molar-refractivity contribution in [2.24, 2.45) is 0 Å². The van der Waals surface area contributed by atoms with Gasteiger partial charge in [0.2, 0.25) is 5.91 Å². The molecule has 1 amide bonds. The predicted octanol–water partition coefficient (Wildman–Crippen LogP) is 1.89. The van der Waals surface area contributed by atoms with E-state index in [-0.39, 0.29) is 23.8 Å². The highest BCUT2D eigenvalue weighted by Gasteiger charge is 2.10. The van der Waals surface area contributed by atoms with Crippen LogP contribution in [0, 0.1) is 10.1 Å². The normalized spacial score (nSPS) is 10.7. The third-order valence-corrected chi connectivity index (χ3v) is 2.76. The molecular weight excluding hydrogens is 288 g/mol. The summed E-state index contributed by atoms with van der Waals surface area (Å²) < 4.78 is 5.02. The highest BCUT2D eigenvalue weighted by molar-refractivity contribution is 5.97. The van der Waals surface area contributed by atoms with E-state index in [4.69, 9.17) is 4.74 Å². The highest BCUT2D eigenvalue weighted by atomic mass is 16.6. The number of carbonyl (C=O) groups excluding carboxylic acids is 2. The average Bonchev–Trinajstić information content (AvgIpc) is 2.51. The largest absolute Gasteiger partial charge is 0.457 e. The van der Waals surface area contributed by atoms with E-state index in [0.29, 0.717) is 11.1 Å². The van der Waals surface area contributed by atoms with Gasteiger partial charge in [-0.2, -0.15) is 0 Å². The summed E-state index contributed by atoms with van der Waals surface area (Å²) >= 11 is 0.